The Kier molecular flexibility index (Phi) is 7.78. The summed E-state index contributed by atoms with van der Waals surface area (Å²) in [6, 6.07) is 5.09. The smallest absolute Gasteiger partial charge is 0.124 e. The number of halogens is 2. The fourth-order valence-corrected chi connectivity index (χ4v) is 4.25. The Balaban J connectivity index is 1.72. The lowest BCUT2D eigenvalue weighted by Crippen LogP contribution is -2.10. The van der Waals surface area contributed by atoms with Crippen LogP contribution in [-0.2, 0) is 16.3 Å². The molecular formula is C22H24Cl2N6O2S. The van der Waals surface area contributed by atoms with Gasteiger partial charge in [-0.15, -0.1) is 0 Å². The number of rotatable bonds is 9. The van der Waals surface area contributed by atoms with E-state index in [1.165, 1.54) is 18.6 Å². The van der Waals surface area contributed by atoms with Crippen LogP contribution in [0.3, 0.4) is 0 Å². The van der Waals surface area contributed by atoms with E-state index in [9.17, 15) is 4.21 Å². The minimum atomic E-state index is -2.57. The molecule has 33 heavy (non-hydrogen) atoms. The van der Waals surface area contributed by atoms with E-state index in [1.54, 1.807) is 47.4 Å². The number of ether oxygens (including phenoxy) is 1. The number of aromatic nitrogens is 3. The van der Waals surface area contributed by atoms with Crippen molar-refractivity contribution in [2.75, 3.05) is 17.7 Å². The van der Waals surface area contributed by atoms with E-state index in [-0.39, 0.29) is 11.5 Å². The average Bonchev–Trinajstić information content (AvgIpc) is 3.19. The van der Waals surface area contributed by atoms with Gasteiger partial charge in [0, 0.05) is 57.0 Å². The van der Waals surface area contributed by atoms with Gasteiger partial charge >= 0.3 is 0 Å². The van der Waals surface area contributed by atoms with Crippen molar-refractivity contribution >= 4 is 50.4 Å². The van der Waals surface area contributed by atoms with E-state index in [4.69, 9.17) is 43.9 Å². The number of pyridine rings is 1. The van der Waals surface area contributed by atoms with Crippen molar-refractivity contribution in [3.63, 3.8) is 0 Å². The predicted molar refractivity (Wildman–Crippen MR) is 134 cm³/mol. The molecule has 8 nitrogen and oxygen atoms in total. The van der Waals surface area contributed by atoms with Crippen molar-refractivity contribution in [3.05, 3.63) is 75.8 Å². The van der Waals surface area contributed by atoms with Crippen LogP contribution in [0.25, 0.3) is 6.08 Å². The number of nitrogen functional groups attached to an aromatic ring is 1. The highest BCUT2D eigenvalue weighted by Crippen LogP contribution is 2.33. The molecule has 0 fully saturated rings. The minimum absolute atomic E-state index is 0.195. The van der Waals surface area contributed by atoms with Gasteiger partial charge in [0.1, 0.15) is 11.9 Å². The molecule has 0 aliphatic heterocycles. The number of nitrogens with zero attached hydrogens (tertiary/aromatic N) is 3. The van der Waals surface area contributed by atoms with E-state index in [0.717, 1.165) is 5.56 Å². The number of aryl methyl sites for hydroxylation is 1. The lowest BCUT2D eigenvalue weighted by Gasteiger charge is -2.18. The number of benzene rings is 1. The number of nitrogens with two attached hydrogens (primary N) is 1. The summed E-state index contributed by atoms with van der Waals surface area (Å²) in [6.45, 7) is 2.21. The van der Waals surface area contributed by atoms with Crippen molar-refractivity contribution in [2.45, 2.75) is 19.6 Å². The quantitative estimate of drug-likeness (QED) is 0.275. The molecular weight excluding hydrogens is 483 g/mol. The third kappa shape index (κ3) is 6.80. The molecule has 0 radical (unpaired) electrons. The van der Waals surface area contributed by atoms with Crippen LogP contribution in [0.4, 0.5) is 5.69 Å². The molecule has 0 bridgehead atoms. The largest absolute Gasteiger partial charge is 0.486 e. The second-order valence-corrected chi connectivity index (χ2v) is 10.8. The first-order valence-electron chi connectivity index (χ1n) is 9.89. The van der Waals surface area contributed by atoms with Crippen molar-refractivity contribution in [1.29, 1.82) is 10.2 Å². The molecule has 2 unspecified atom stereocenters. The summed E-state index contributed by atoms with van der Waals surface area (Å²) < 4.78 is 26.6. The number of allylic oxidation sites excluding steroid dienone is 1. The standard InChI is InChI=1S/C22H24Cl2N6O2S/c1-14(22-18(23)11-28-12-19(22)24)32-16-4-6-21(26)17(9-16)20(25)5-3-15-10-29-30(13-15)7-8-33(2,27)31/h3-6,9-14,25,27H,7-8,26H2,1-2H3/b5-3+,25-20?. The molecule has 0 amide bonds. The second kappa shape index (κ2) is 10.4. The zero-order valence-electron chi connectivity index (χ0n) is 18.1. The van der Waals surface area contributed by atoms with Crippen molar-refractivity contribution < 1.29 is 8.95 Å². The highest BCUT2D eigenvalue weighted by Gasteiger charge is 2.17. The van der Waals surface area contributed by atoms with Gasteiger partial charge in [-0.25, -0.2) is 0 Å². The fraction of sp³-hybridized carbons (Fsp3) is 0.227. The molecule has 1 aromatic carbocycles. The maximum absolute atomic E-state index is 11.5. The van der Waals surface area contributed by atoms with Gasteiger partial charge in [0.25, 0.3) is 0 Å². The van der Waals surface area contributed by atoms with Gasteiger partial charge in [-0.3, -0.25) is 18.7 Å². The Hall–Kier alpha value is -2.88. The summed E-state index contributed by atoms with van der Waals surface area (Å²) in [7, 11) is -2.57. The van der Waals surface area contributed by atoms with Gasteiger partial charge in [-0.1, -0.05) is 23.2 Å². The maximum Gasteiger partial charge on any atom is 0.124 e. The summed E-state index contributed by atoms with van der Waals surface area (Å²) in [5.74, 6) is 0.742. The van der Waals surface area contributed by atoms with Crippen LogP contribution >= 0.6 is 23.2 Å². The Morgan fingerprint density at radius 2 is 2.00 bits per heavy atom. The zero-order valence-corrected chi connectivity index (χ0v) is 20.4. The van der Waals surface area contributed by atoms with E-state index in [2.05, 4.69) is 10.1 Å². The molecule has 2 aromatic heterocycles. The number of anilines is 1. The molecule has 0 saturated heterocycles. The first-order chi connectivity index (χ1) is 15.5. The lowest BCUT2D eigenvalue weighted by atomic mass is 10.1. The Bertz CT molecular complexity index is 1280. The second-order valence-electron chi connectivity index (χ2n) is 7.52. The molecule has 11 heteroatoms. The van der Waals surface area contributed by atoms with Gasteiger partial charge in [0.15, 0.2) is 0 Å². The van der Waals surface area contributed by atoms with Crippen molar-refractivity contribution in [3.8, 4) is 5.75 Å². The Morgan fingerprint density at radius 1 is 1.30 bits per heavy atom. The minimum Gasteiger partial charge on any atom is -0.486 e. The van der Waals surface area contributed by atoms with Crippen LogP contribution in [-0.4, -0.2) is 36.7 Å². The van der Waals surface area contributed by atoms with E-state index >= 15 is 0 Å². The fourth-order valence-electron chi connectivity index (χ4n) is 3.04. The van der Waals surface area contributed by atoms with E-state index < -0.39 is 15.8 Å². The molecule has 0 aliphatic rings. The molecule has 0 spiro atoms. The van der Waals surface area contributed by atoms with Crippen molar-refractivity contribution in [2.24, 2.45) is 0 Å². The maximum atomic E-state index is 11.5. The predicted octanol–water partition coefficient (Wildman–Crippen LogP) is 5.06. The number of hydrogen-bond donors (Lipinski definition) is 3. The summed E-state index contributed by atoms with van der Waals surface area (Å²) in [4.78, 5) is 3.95. The van der Waals surface area contributed by atoms with Crippen LogP contribution in [0, 0.1) is 10.2 Å². The first-order valence-corrected chi connectivity index (χ1v) is 12.8. The van der Waals surface area contributed by atoms with Crippen LogP contribution in [0.2, 0.25) is 10.0 Å². The summed E-state index contributed by atoms with van der Waals surface area (Å²) in [5, 5.41) is 13.4. The van der Waals surface area contributed by atoms with Gasteiger partial charge in [0.2, 0.25) is 0 Å². The SMILES string of the molecule is CC(Oc1ccc(N)c(C(=N)/C=C/c2cnn(CCS(C)(=N)=O)c2)c1)c1c(Cl)cncc1Cl. The van der Waals surface area contributed by atoms with Crippen molar-refractivity contribution in [1.82, 2.24) is 14.8 Å². The monoisotopic (exact) mass is 506 g/mol. The highest BCUT2D eigenvalue weighted by molar-refractivity contribution is 7.91. The molecule has 2 heterocycles. The summed E-state index contributed by atoms with van der Waals surface area (Å²) in [5.41, 5.74) is 8.63. The van der Waals surface area contributed by atoms with Gasteiger partial charge in [-0.05, 0) is 37.3 Å². The van der Waals surface area contributed by atoms with E-state index in [0.29, 0.717) is 39.2 Å². The van der Waals surface area contributed by atoms with Gasteiger partial charge in [-0.2, -0.15) is 5.10 Å². The number of nitrogens with one attached hydrogen (secondary N) is 2. The average molecular weight is 507 g/mol. The van der Waals surface area contributed by atoms with Crippen LogP contribution in [0.15, 0.2) is 49.1 Å². The number of hydrogen-bond acceptors (Lipinski definition) is 7. The summed E-state index contributed by atoms with van der Waals surface area (Å²) >= 11 is 12.4. The van der Waals surface area contributed by atoms with Crippen LogP contribution in [0.5, 0.6) is 5.75 Å². The molecule has 0 saturated carbocycles. The normalized spacial score (nSPS) is 14.2. The molecule has 2 atom stereocenters. The summed E-state index contributed by atoms with van der Waals surface area (Å²) in [6.07, 6.45) is 10.7. The Labute approximate surface area is 202 Å². The molecule has 0 aliphatic carbocycles. The van der Waals surface area contributed by atoms with E-state index in [1.807, 2.05) is 6.92 Å². The molecule has 3 rings (SSSR count). The van der Waals surface area contributed by atoms with Crippen LogP contribution < -0.4 is 10.5 Å². The highest BCUT2D eigenvalue weighted by atomic mass is 35.5. The third-order valence-corrected chi connectivity index (χ3v) is 6.29. The Morgan fingerprint density at radius 3 is 2.67 bits per heavy atom. The first kappa shape index (κ1) is 24.8. The zero-order chi connectivity index (χ0) is 24.2. The van der Waals surface area contributed by atoms with Crippen LogP contribution in [0.1, 0.15) is 29.7 Å². The molecule has 174 valence electrons. The lowest BCUT2D eigenvalue weighted by molar-refractivity contribution is 0.227. The van der Waals surface area contributed by atoms with Gasteiger partial charge < -0.3 is 15.9 Å². The van der Waals surface area contributed by atoms with Gasteiger partial charge in [0.05, 0.1) is 34.3 Å². The third-order valence-electron chi connectivity index (χ3n) is 4.73. The molecule has 4 N–H and O–H groups in total. The topological polar surface area (TPSA) is 131 Å². The molecule has 3 aromatic rings.